The SMILES string of the molecule is O=C(N[C@@H](Cc1ccc(O)c(O)c1)C(=O)N[C@@H](Cc1ccc(O)cc1)C(=O)NO)[C@H](CS)NCc1ccccc1. The van der Waals surface area contributed by atoms with E-state index in [1.807, 2.05) is 30.3 Å². The number of thiol groups is 1. The number of hydroxylamine groups is 1. The van der Waals surface area contributed by atoms with E-state index in [1.54, 1.807) is 12.1 Å². The maximum atomic E-state index is 13.4. The molecule has 0 spiro atoms. The lowest BCUT2D eigenvalue weighted by molar-refractivity contribution is -0.136. The van der Waals surface area contributed by atoms with Gasteiger partial charge in [0.2, 0.25) is 11.8 Å². The van der Waals surface area contributed by atoms with Crippen LogP contribution in [-0.4, -0.2) is 62.1 Å². The highest BCUT2D eigenvalue weighted by Gasteiger charge is 2.29. The smallest absolute Gasteiger partial charge is 0.266 e. The fourth-order valence-corrected chi connectivity index (χ4v) is 4.21. The van der Waals surface area contributed by atoms with E-state index in [-0.39, 0.29) is 30.1 Å². The van der Waals surface area contributed by atoms with Gasteiger partial charge in [0.05, 0.1) is 6.04 Å². The van der Waals surface area contributed by atoms with Crippen LogP contribution in [0.3, 0.4) is 0 Å². The summed E-state index contributed by atoms with van der Waals surface area (Å²) in [5.41, 5.74) is 3.50. The highest BCUT2D eigenvalue weighted by Crippen LogP contribution is 2.25. The Morgan fingerprint density at radius 2 is 1.25 bits per heavy atom. The lowest BCUT2D eigenvalue weighted by atomic mass is 10.0. The van der Waals surface area contributed by atoms with Crippen molar-refractivity contribution in [2.24, 2.45) is 0 Å². The Balaban J connectivity index is 1.79. The van der Waals surface area contributed by atoms with E-state index < -0.39 is 41.6 Å². The number of nitrogens with one attached hydrogen (secondary N) is 4. The van der Waals surface area contributed by atoms with Crippen molar-refractivity contribution in [2.75, 3.05) is 5.75 Å². The van der Waals surface area contributed by atoms with Crippen molar-refractivity contribution in [3.05, 3.63) is 89.5 Å². The average molecular weight is 569 g/mol. The third kappa shape index (κ3) is 8.90. The summed E-state index contributed by atoms with van der Waals surface area (Å²) in [7, 11) is 0. The van der Waals surface area contributed by atoms with Gasteiger partial charge in [0.1, 0.15) is 17.8 Å². The molecule has 0 fully saturated rings. The highest BCUT2D eigenvalue weighted by molar-refractivity contribution is 7.80. The van der Waals surface area contributed by atoms with E-state index in [1.165, 1.54) is 35.8 Å². The van der Waals surface area contributed by atoms with Crippen LogP contribution < -0.4 is 21.4 Å². The summed E-state index contributed by atoms with van der Waals surface area (Å²) in [5, 5.41) is 46.7. The summed E-state index contributed by atoms with van der Waals surface area (Å²) in [5.74, 6) is -2.72. The molecule has 212 valence electrons. The molecule has 0 aliphatic rings. The van der Waals surface area contributed by atoms with Gasteiger partial charge in [-0.15, -0.1) is 0 Å². The number of hydrogen-bond donors (Lipinski definition) is 9. The van der Waals surface area contributed by atoms with E-state index in [2.05, 4.69) is 28.6 Å². The third-order valence-corrected chi connectivity index (χ3v) is 6.49. The van der Waals surface area contributed by atoms with E-state index in [9.17, 15) is 34.9 Å². The summed E-state index contributed by atoms with van der Waals surface area (Å²) in [6.45, 7) is 0.382. The second kappa shape index (κ2) is 14.8. The summed E-state index contributed by atoms with van der Waals surface area (Å²) >= 11 is 4.27. The molecule has 3 rings (SSSR count). The lowest BCUT2D eigenvalue weighted by Gasteiger charge is -2.25. The molecular weight excluding hydrogens is 536 g/mol. The summed E-state index contributed by atoms with van der Waals surface area (Å²) in [4.78, 5) is 39.0. The van der Waals surface area contributed by atoms with Gasteiger partial charge in [-0.1, -0.05) is 48.5 Å². The minimum absolute atomic E-state index is 0.0169. The zero-order chi connectivity index (χ0) is 29.1. The molecule has 0 bridgehead atoms. The molecule has 3 amide bonds. The van der Waals surface area contributed by atoms with E-state index in [0.29, 0.717) is 17.7 Å². The molecule has 0 saturated heterocycles. The van der Waals surface area contributed by atoms with Gasteiger partial charge in [-0.3, -0.25) is 19.6 Å². The Kier molecular flexibility index (Phi) is 11.2. The van der Waals surface area contributed by atoms with Crippen LogP contribution in [0.2, 0.25) is 0 Å². The van der Waals surface area contributed by atoms with Crippen molar-refractivity contribution < 1.29 is 34.9 Å². The molecule has 3 atom stereocenters. The van der Waals surface area contributed by atoms with E-state index in [4.69, 9.17) is 0 Å². The van der Waals surface area contributed by atoms with Crippen molar-refractivity contribution in [2.45, 2.75) is 37.5 Å². The van der Waals surface area contributed by atoms with Crippen LogP contribution in [0.15, 0.2) is 72.8 Å². The molecule has 0 heterocycles. The molecule has 40 heavy (non-hydrogen) atoms. The third-order valence-electron chi connectivity index (χ3n) is 6.13. The van der Waals surface area contributed by atoms with Crippen molar-refractivity contribution in [1.82, 2.24) is 21.4 Å². The van der Waals surface area contributed by atoms with Crippen molar-refractivity contribution >= 4 is 30.4 Å². The number of phenols is 3. The minimum atomic E-state index is -1.22. The number of aromatic hydroxyl groups is 3. The van der Waals surface area contributed by atoms with Gasteiger partial charge in [-0.05, 0) is 41.0 Å². The quantitative estimate of drug-likeness (QED) is 0.0637. The van der Waals surface area contributed by atoms with Crippen LogP contribution in [0.25, 0.3) is 0 Å². The van der Waals surface area contributed by atoms with Crippen LogP contribution in [0.1, 0.15) is 16.7 Å². The number of rotatable bonds is 13. The first-order chi connectivity index (χ1) is 19.2. The van der Waals surface area contributed by atoms with Crippen LogP contribution >= 0.6 is 12.6 Å². The molecular formula is C28H32N4O7S. The topological polar surface area (TPSA) is 180 Å². The Morgan fingerprint density at radius 3 is 1.85 bits per heavy atom. The van der Waals surface area contributed by atoms with E-state index in [0.717, 1.165) is 5.56 Å². The maximum absolute atomic E-state index is 13.4. The summed E-state index contributed by atoms with van der Waals surface area (Å²) in [6.07, 6.45) is -0.104. The number of carbonyl (C=O) groups is 3. The fourth-order valence-electron chi connectivity index (χ4n) is 3.92. The van der Waals surface area contributed by atoms with E-state index >= 15 is 0 Å². The molecule has 3 aromatic rings. The highest BCUT2D eigenvalue weighted by atomic mass is 32.1. The normalized spacial score (nSPS) is 13.1. The number of hydrogen-bond acceptors (Lipinski definition) is 9. The number of carbonyl (C=O) groups excluding carboxylic acids is 3. The van der Waals surface area contributed by atoms with Gasteiger partial charge in [-0.2, -0.15) is 12.6 Å². The first-order valence-corrected chi connectivity index (χ1v) is 13.0. The lowest BCUT2D eigenvalue weighted by Crippen LogP contribution is -2.57. The predicted molar refractivity (Wildman–Crippen MR) is 150 cm³/mol. The first kappa shape index (κ1) is 30.3. The molecule has 12 heteroatoms. The molecule has 0 aromatic heterocycles. The zero-order valence-electron chi connectivity index (χ0n) is 21.4. The second-order valence-electron chi connectivity index (χ2n) is 9.10. The van der Waals surface area contributed by atoms with Gasteiger partial charge in [0.15, 0.2) is 11.5 Å². The second-order valence-corrected chi connectivity index (χ2v) is 9.46. The zero-order valence-corrected chi connectivity index (χ0v) is 22.3. The Labute approximate surface area is 236 Å². The van der Waals surface area contributed by atoms with Crippen LogP contribution in [0, 0.1) is 0 Å². The molecule has 0 aliphatic carbocycles. The number of phenolic OH excluding ortho intramolecular Hbond substituents is 3. The predicted octanol–water partition coefficient (Wildman–Crippen LogP) is 1.15. The van der Waals surface area contributed by atoms with Gasteiger partial charge in [-0.25, -0.2) is 5.48 Å². The van der Waals surface area contributed by atoms with Gasteiger partial charge in [0, 0.05) is 25.1 Å². The minimum Gasteiger partial charge on any atom is -0.508 e. The Hall–Kier alpha value is -4.26. The van der Waals surface area contributed by atoms with Crippen molar-refractivity contribution in [1.29, 1.82) is 0 Å². The van der Waals surface area contributed by atoms with Gasteiger partial charge in [0.25, 0.3) is 5.91 Å². The van der Waals surface area contributed by atoms with Crippen molar-refractivity contribution in [3.63, 3.8) is 0 Å². The standard InChI is InChI=1S/C28H32N4O7S/c33-20-9-6-17(7-10-20)12-22(28(38)32-39)31-26(36)21(13-19-8-11-24(34)25(35)14-19)30-27(37)23(16-40)29-15-18-4-2-1-3-5-18/h1-11,14,21-23,29,33-35,39-40H,12-13,15-16H2,(H,30,37)(H,31,36)(H,32,38)/t21-,22-,23-/m0/s1. The monoisotopic (exact) mass is 568 g/mol. The summed E-state index contributed by atoms with van der Waals surface area (Å²) < 4.78 is 0. The molecule has 0 unspecified atom stereocenters. The summed E-state index contributed by atoms with van der Waals surface area (Å²) in [6, 6.07) is 16.2. The molecule has 8 N–H and O–H groups in total. The van der Waals surface area contributed by atoms with Crippen LogP contribution in [-0.2, 0) is 33.8 Å². The molecule has 3 aromatic carbocycles. The Bertz CT molecular complexity index is 1290. The molecule has 0 saturated carbocycles. The fraction of sp³-hybridized carbons (Fsp3) is 0.250. The number of benzene rings is 3. The maximum Gasteiger partial charge on any atom is 0.266 e. The molecule has 0 radical (unpaired) electrons. The van der Waals surface area contributed by atoms with Crippen molar-refractivity contribution in [3.8, 4) is 17.2 Å². The molecule has 11 nitrogen and oxygen atoms in total. The van der Waals surface area contributed by atoms with Gasteiger partial charge >= 0.3 is 0 Å². The number of amides is 3. The van der Waals surface area contributed by atoms with Gasteiger partial charge < -0.3 is 31.3 Å². The first-order valence-electron chi connectivity index (χ1n) is 12.4. The van der Waals surface area contributed by atoms with Crippen LogP contribution in [0.4, 0.5) is 0 Å². The average Bonchev–Trinajstić information content (AvgIpc) is 2.95. The van der Waals surface area contributed by atoms with Crippen LogP contribution in [0.5, 0.6) is 17.2 Å². The Morgan fingerprint density at radius 1 is 0.675 bits per heavy atom. The molecule has 0 aliphatic heterocycles. The largest absolute Gasteiger partial charge is 0.508 e.